The molecule has 0 amide bonds. The summed E-state index contributed by atoms with van der Waals surface area (Å²) in [6.07, 6.45) is 0.117. The highest BCUT2D eigenvalue weighted by Gasteiger charge is 2.08. The van der Waals surface area contributed by atoms with Gasteiger partial charge in [-0.15, -0.1) is 0 Å². The molecule has 0 aliphatic heterocycles. The number of carboxylic acid groups (broad SMARTS) is 1. The fraction of sp³-hybridized carbons (Fsp3) is 0.385. The summed E-state index contributed by atoms with van der Waals surface area (Å²) in [5.41, 5.74) is 0.00177. The van der Waals surface area contributed by atoms with Crippen molar-refractivity contribution in [1.82, 2.24) is 0 Å². The van der Waals surface area contributed by atoms with E-state index in [0.29, 0.717) is 6.42 Å². The van der Waals surface area contributed by atoms with Gasteiger partial charge in [-0.1, -0.05) is 30.3 Å². The minimum Gasteiger partial charge on any atom is -0.487 e. The number of para-hydroxylation sites is 1. The van der Waals surface area contributed by atoms with Crippen molar-refractivity contribution in [2.45, 2.75) is 26.4 Å². The monoisotopic (exact) mass is 251 g/mol. The fourth-order valence-corrected chi connectivity index (χ4v) is 1.24. The highest BCUT2D eigenvalue weighted by Crippen LogP contribution is 2.10. The third-order valence-corrected chi connectivity index (χ3v) is 2.15. The first-order valence-electron chi connectivity index (χ1n) is 5.77. The number of ether oxygens (including phenoxy) is 1. The lowest BCUT2D eigenvalue weighted by Gasteiger charge is -2.13. The molecule has 0 fully saturated rings. The summed E-state index contributed by atoms with van der Waals surface area (Å²) in [6.45, 7) is 3.74. The third-order valence-electron chi connectivity index (χ3n) is 2.15. The Morgan fingerprint density at radius 2 is 2.06 bits per heavy atom. The Balaban J connectivity index is 2.38. The standard InChI is InChI=1S/C13H17NO4/c1-3-12(13(15)16)14-17-9-10(2)18-11-7-5-4-6-8-11/h4-8,10H,3,9H2,1-2H3,(H,15,16)/b14-12+. The number of aliphatic carboxylic acids is 1. The molecule has 5 heteroatoms. The number of hydrogen-bond donors (Lipinski definition) is 1. The number of carboxylic acids is 1. The van der Waals surface area contributed by atoms with Crippen molar-refractivity contribution in [2.24, 2.45) is 5.16 Å². The smallest absolute Gasteiger partial charge is 0.353 e. The number of hydrogen-bond acceptors (Lipinski definition) is 4. The third kappa shape index (κ3) is 4.86. The Morgan fingerprint density at radius 3 is 2.61 bits per heavy atom. The first kappa shape index (κ1) is 14.0. The molecule has 98 valence electrons. The van der Waals surface area contributed by atoms with Crippen LogP contribution in [-0.2, 0) is 9.63 Å². The van der Waals surface area contributed by atoms with Crippen molar-refractivity contribution in [3.63, 3.8) is 0 Å². The van der Waals surface area contributed by atoms with Crippen LogP contribution >= 0.6 is 0 Å². The van der Waals surface area contributed by atoms with E-state index < -0.39 is 5.97 Å². The molecule has 0 bridgehead atoms. The van der Waals surface area contributed by atoms with Gasteiger partial charge in [-0.05, 0) is 25.5 Å². The number of oxime groups is 1. The van der Waals surface area contributed by atoms with Crippen LogP contribution in [0.1, 0.15) is 20.3 Å². The molecule has 1 aromatic carbocycles. The predicted molar refractivity (Wildman–Crippen MR) is 67.8 cm³/mol. The maximum atomic E-state index is 10.7. The fourth-order valence-electron chi connectivity index (χ4n) is 1.24. The molecule has 0 heterocycles. The predicted octanol–water partition coefficient (Wildman–Crippen LogP) is 2.32. The molecule has 18 heavy (non-hydrogen) atoms. The summed E-state index contributed by atoms with van der Waals surface area (Å²) in [6, 6.07) is 9.34. The molecule has 1 atom stereocenters. The van der Waals surface area contributed by atoms with E-state index in [0.717, 1.165) is 5.75 Å². The van der Waals surface area contributed by atoms with Gasteiger partial charge in [0.05, 0.1) is 0 Å². The molecule has 0 aliphatic carbocycles. The van der Waals surface area contributed by atoms with Crippen molar-refractivity contribution < 1.29 is 19.5 Å². The molecular formula is C13H17NO4. The number of carbonyl (C=O) groups is 1. The lowest BCUT2D eigenvalue weighted by atomic mass is 10.3. The largest absolute Gasteiger partial charge is 0.487 e. The van der Waals surface area contributed by atoms with E-state index in [4.69, 9.17) is 14.7 Å². The van der Waals surface area contributed by atoms with Crippen molar-refractivity contribution in [3.05, 3.63) is 30.3 Å². The second-order valence-corrected chi connectivity index (χ2v) is 3.73. The quantitative estimate of drug-likeness (QED) is 0.596. The minimum atomic E-state index is -1.06. The van der Waals surface area contributed by atoms with Gasteiger partial charge in [0, 0.05) is 0 Å². The SMILES string of the molecule is CC/C(=N\OCC(C)Oc1ccccc1)C(=O)O. The van der Waals surface area contributed by atoms with Gasteiger partial charge < -0.3 is 14.7 Å². The summed E-state index contributed by atoms with van der Waals surface area (Å²) in [5, 5.41) is 12.3. The maximum Gasteiger partial charge on any atom is 0.353 e. The van der Waals surface area contributed by atoms with Crippen LogP contribution in [0, 0.1) is 0 Å². The lowest BCUT2D eigenvalue weighted by molar-refractivity contribution is -0.129. The molecule has 1 aromatic rings. The van der Waals surface area contributed by atoms with Gasteiger partial charge in [0.1, 0.15) is 11.9 Å². The summed E-state index contributed by atoms with van der Waals surface area (Å²) in [4.78, 5) is 15.6. The zero-order valence-electron chi connectivity index (χ0n) is 10.5. The first-order chi connectivity index (χ1) is 8.63. The molecule has 0 radical (unpaired) electrons. The van der Waals surface area contributed by atoms with Crippen molar-refractivity contribution in [3.8, 4) is 5.75 Å². The lowest BCUT2D eigenvalue weighted by Crippen LogP contribution is -2.19. The summed E-state index contributed by atoms with van der Waals surface area (Å²) in [5.74, 6) is -0.319. The molecular weight excluding hydrogens is 234 g/mol. The molecule has 0 spiro atoms. The van der Waals surface area contributed by atoms with Crippen LogP contribution in [0.3, 0.4) is 0 Å². The van der Waals surface area contributed by atoms with E-state index in [9.17, 15) is 4.79 Å². The normalized spacial score (nSPS) is 12.9. The Morgan fingerprint density at radius 1 is 1.39 bits per heavy atom. The first-order valence-corrected chi connectivity index (χ1v) is 5.77. The van der Waals surface area contributed by atoms with Gasteiger partial charge >= 0.3 is 5.97 Å². The summed E-state index contributed by atoms with van der Waals surface area (Å²) < 4.78 is 5.55. The van der Waals surface area contributed by atoms with Crippen LogP contribution in [0.4, 0.5) is 0 Å². The van der Waals surface area contributed by atoms with Crippen LogP contribution in [0.25, 0.3) is 0 Å². The van der Waals surface area contributed by atoms with Gasteiger partial charge in [-0.3, -0.25) is 0 Å². The highest BCUT2D eigenvalue weighted by molar-refractivity contribution is 6.35. The summed E-state index contributed by atoms with van der Waals surface area (Å²) in [7, 11) is 0. The van der Waals surface area contributed by atoms with Gasteiger partial charge in [0.2, 0.25) is 0 Å². The van der Waals surface area contributed by atoms with Gasteiger partial charge in [-0.25, -0.2) is 4.79 Å². The Hall–Kier alpha value is -2.04. The summed E-state index contributed by atoms with van der Waals surface area (Å²) >= 11 is 0. The topological polar surface area (TPSA) is 68.1 Å². The molecule has 0 saturated heterocycles. The molecule has 1 unspecified atom stereocenters. The Kier molecular flexibility index (Phi) is 5.70. The number of benzene rings is 1. The van der Waals surface area contributed by atoms with E-state index in [2.05, 4.69) is 5.16 Å². The van der Waals surface area contributed by atoms with E-state index >= 15 is 0 Å². The van der Waals surface area contributed by atoms with Gasteiger partial charge in [-0.2, -0.15) is 0 Å². The van der Waals surface area contributed by atoms with Crippen LogP contribution in [0.2, 0.25) is 0 Å². The van der Waals surface area contributed by atoms with Crippen LogP contribution in [-0.4, -0.2) is 29.5 Å². The average Bonchev–Trinajstić information content (AvgIpc) is 2.35. The molecule has 0 saturated carbocycles. The second kappa shape index (κ2) is 7.32. The Bertz CT molecular complexity index is 403. The highest BCUT2D eigenvalue weighted by atomic mass is 16.6. The molecule has 1 rings (SSSR count). The zero-order chi connectivity index (χ0) is 13.4. The minimum absolute atomic E-state index is 0.00177. The van der Waals surface area contributed by atoms with E-state index in [1.54, 1.807) is 6.92 Å². The molecule has 0 aromatic heterocycles. The number of rotatable bonds is 7. The van der Waals surface area contributed by atoms with Crippen molar-refractivity contribution in [1.29, 1.82) is 0 Å². The van der Waals surface area contributed by atoms with Gasteiger partial charge in [0.15, 0.2) is 12.3 Å². The molecule has 1 N–H and O–H groups in total. The van der Waals surface area contributed by atoms with Crippen LogP contribution < -0.4 is 4.74 Å². The Labute approximate surface area is 106 Å². The van der Waals surface area contributed by atoms with Crippen LogP contribution in [0.5, 0.6) is 5.75 Å². The van der Waals surface area contributed by atoms with Crippen LogP contribution in [0.15, 0.2) is 35.5 Å². The second-order valence-electron chi connectivity index (χ2n) is 3.73. The maximum absolute atomic E-state index is 10.7. The zero-order valence-corrected chi connectivity index (χ0v) is 10.5. The van der Waals surface area contributed by atoms with E-state index in [1.807, 2.05) is 37.3 Å². The van der Waals surface area contributed by atoms with E-state index in [-0.39, 0.29) is 18.4 Å². The molecule has 0 aliphatic rings. The average molecular weight is 251 g/mol. The molecule has 5 nitrogen and oxygen atoms in total. The van der Waals surface area contributed by atoms with Crippen molar-refractivity contribution >= 4 is 11.7 Å². The van der Waals surface area contributed by atoms with Gasteiger partial charge in [0.25, 0.3) is 0 Å². The number of nitrogens with zero attached hydrogens (tertiary/aromatic N) is 1. The van der Waals surface area contributed by atoms with Crippen molar-refractivity contribution in [2.75, 3.05) is 6.61 Å². The van der Waals surface area contributed by atoms with E-state index in [1.165, 1.54) is 0 Å².